The number of nitrogens with one attached hydrogen (secondary N) is 1. The second-order valence-corrected chi connectivity index (χ2v) is 4.71. The molecular formula is C15H14ClN3O. The highest BCUT2D eigenvalue weighted by Gasteiger charge is 2.05. The lowest BCUT2D eigenvalue weighted by Gasteiger charge is -2.04. The highest BCUT2D eigenvalue weighted by atomic mass is 35.5. The van der Waals surface area contributed by atoms with E-state index in [1.807, 2.05) is 12.1 Å². The lowest BCUT2D eigenvalue weighted by molar-refractivity contribution is 0.0955. The number of carbonyl (C=O) groups excluding carboxylic acids is 1. The smallest absolute Gasteiger partial charge is 0.271 e. The van der Waals surface area contributed by atoms with Crippen molar-refractivity contribution in [3.05, 3.63) is 64.7 Å². The van der Waals surface area contributed by atoms with E-state index in [1.165, 1.54) is 0 Å². The Hall–Kier alpha value is -2.33. The largest absolute Gasteiger partial charge is 0.399 e. The molecule has 0 aliphatic rings. The fraction of sp³-hybridized carbons (Fsp3) is 0.0667. The molecule has 0 aliphatic carbocycles. The molecule has 0 atom stereocenters. The molecule has 102 valence electrons. The third-order valence-corrected chi connectivity index (χ3v) is 2.95. The van der Waals surface area contributed by atoms with Gasteiger partial charge in [0.05, 0.1) is 5.71 Å². The molecule has 0 heterocycles. The third kappa shape index (κ3) is 3.59. The first kappa shape index (κ1) is 14.1. The van der Waals surface area contributed by atoms with Gasteiger partial charge in [0.15, 0.2) is 0 Å². The summed E-state index contributed by atoms with van der Waals surface area (Å²) in [5.41, 5.74) is 10.6. The van der Waals surface area contributed by atoms with E-state index in [0.717, 1.165) is 5.56 Å². The van der Waals surface area contributed by atoms with Crippen LogP contribution in [-0.2, 0) is 0 Å². The van der Waals surface area contributed by atoms with E-state index >= 15 is 0 Å². The van der Waals surface area contributed by atoms with Gasteiger partial charge in [-0.1, -0.05) is 29.8 Å². The van der Waals surface area contributed by atoms with Crippen molar-refractivity contribution >= 4 is 28.9 Å². The van der Waals surface area contributed by atoms with Gasteiger partial charge in [0.25, 0.3) is 5.91 Å². The Balaban J connectivity index is 2.11. The number of hydrogen-bond donors (Lipinski definition) is 2. The number of hydrazone groups is 1. The number of halogens is 1. The zero-order chi connectivity index (χ0) is 14.5. The fourth-order valence-electron chi connectivity index (χ4n) is 1.66. The molecule has 4 nitrogen and oxygen atoms in total. The molecule has 5 heteroatoms. The minimum absolute atomic E-state index is 0.307. The number of nitrogen functional groups attached to an aromatic ring is 1. The van der Waals surface area contributed by atoms with Crippen LogP contribution >= 0.6 is 11.6 Å². The first-order valence-electron chi connectivity index (χ1n) is 6.02. The van der Waals surface area contributed by atoms with Crippen LogP contribution in [0.15, 0.2) is 53.6 Å². The van der Waals surface area contributed by atoms with Crippen LogP contribution in [-0.4, -0.2) is 11.6 Å². The van der Waals surface area contributed by atoms with Crippen LogP contribution in [0.5, 0.6) is 0 Å². The lowest BCUT2D eigenvalue weighted by Crippen LogP contribution is -2.19. The Morgan fingerprint density at radius 2 is 1.85 bits per heavy atom. The molecule has 2 aromatic carbocycles. The first-order valence-corrected chi connectivity index (χ1v) is 6.40. The summed E-state index contributed by atoms with van der Waals surface area (Å²) in [6.45, 7) is 1.80. The molecule has 0 spiro atoms. The molecule has 0 unspecified atom stereocenters. The van der Waals surface area contributed by atoms with Crippen molar-refractivity contribution in [1.82, 2.24) is 5.43 Å². The number of anilines is 1. The van der Waals surface area contributed by atoms with E-state index in [2.05, 4.69) is 10.5 Å². The van der Waals surface area contributed by atoms with Crippen LogP contribution in [0.25, 0.3) is 0 Å². The summed E-state index contributed by atoms with van der Waals surface area (Å²) in [5.74, 6) is -0.307. The molecule has 0 bridgehead atoms. The minimum Gasteiger partial charge on any atom is -0.399 e. The van der Waals surface area contributed by atoms with E-state index in [0.29, 0.717) is 22.0 Å². The molecule has 0 radical (unpaired) electrons. The number of nitrogens with zero attached hydrogens (tertiary/aromatic N) is 1. The number of rotatable bonds is 3. The van der Waals surface area contributed by atoms with Crippen LogP contribution < -0.4 is 11.2 Å². The van der Waals surface area contributed by atoms with Gasteiger partial charge in [-0.25, -0.2) is 5.43 Å². The van der Waals surface area contributed by atoms with Crippen LogP contribution in [0, 0.1) is 0 Å². The number of nitrogens with two attached hydrogens (primary N) is 1. The Kier molecular flexibility index (Phi) is 4.38. The molecule has 20 heavy (non-hydrogen) atoms. The van der Waals surface area contributed by atoms with Gasteiger partial charge in [-0.3, -0.25) is 4.79 Å². The maximum absolute atomic E-state index is 11.9. The summed E-state index contributed by atoms with van der Waals surface area (Å²) in [5, 5.41) is 4.68. The standard InChI is InChI=1S/C15H14ClN3O/c1-10(11-4-2-6-13(16)8-11)18-19-15(20)12-5-3-7-14(17)9-12/h2-9H,17H2,1H3,(H,19,20)/b18-10-. The van der Waals surface area contributed by atoms with Gasteiger partial charge in [0, 0.05) is 16.3 Å². The van der Waals surface area contributed by atoms with Crippen LogP contribution in [0.3, 0.4) is 0 Å². The minimum atomic E-state index is -0.307. The summed E-state index contributed by atoms with van der Waals surface area (Å²) < 4.78 is 0. The molecule has 0 aromatic heterocycles. The topological polar surface area (TPSA) is 67.5 Å². The molecule has 3 N–H and O–H groups in total. The van der Waals surface area contributed by atoms with Crippen molar-refractivity contribution in [3.63, 3.8) is 0 Å². The number of carbonyl (C=O) groups is 1. The zero-order valence-corrected chi connectivity index (χ0v) is 11.7. The fourth-order valence-corrected chi connectivity index (χ4v) is 1.85. The van der Waals surface area contributed by atoms with Gasteiger partial charge in [0.2, 0.25) is 0 Å². The Bertz CT molecular complexity index is 668. The van der Waals surface area contributed by atoms with Crippen LogP contribution in [0.4, 0.5) is 5.69 Å². The Morgan fingerprint density at radius 3 is 2.55 bits per heavy atom. The van der Waals surface area contributed by atoms with Crippen molar-refractivity contribution in [2.75, 3.05) is 5.73 Å². The molecular weight excluding hydrogens is 274 g/mol. The van der Waals surface area contributed by atoms with Gasteiger partial charge in [-0.15, -0.1) is 0 Å². The maximum atomic E-state index is 11.9. The summed E-state index contributed by atoms with van der Waals surface area (Å²) in [4.78, 5) is 11.9. The molecule has 1 amide bonds. The zero-order valence-electron chi connectivity index (χ0n) is 10.9. The SMILES string of the molecule is C/C(=N/NC(=O)c1cccc(N)c1)c1cccc(Cl)c1. The molecule has 2 aromatic rings. The molecule has 0 saturated carbocycles. The van der Waals surface area contributed by atoms with E-state index in [4.69, 9.17) is 17.3 Å². The predicted octanol–water partition coefficient (Wildman–Crippen LogP) is 3.08. The first-order chi connectivity index (χ1) is 9.56. The monoisotopic (exact) mass is 287 g/mol. The normalized spacial score (nSPS) is 11.2. The van der Waals surface area contributed by atoms with Gasteiger partial charge in [-0.05, 0) is 42.8 Å². The van der Waals surface area contributed by atoms with Crippen LogP contribution in [0.1, 0.15) is 22.8 Å². The third-order valence-electron chi connectivity index (χ3n) is 2.72. The average Bonchev–Trinajstić information content (AvgIpc) is 2.44. The maximum Gasteiger partial charge on any atom is 0.271 e. The highest BCUT2D eigenvalue weighted by Crippen LogP contribution is 2.11. The molecule has 0 aliphatic heterocycles. The average molecular weight is 288 g/mol. The second-order valence-electron chi connectivity index (χ2n) is 4.27. The molecule has 2 rings (SSSR count). The number of hydrogen-bond acceptors (Lipinski definition) is 3. The predicted molar refractivity (Wildman–Crippen MR) is 82.0 cm³/mol. The van der Waals surface area contributed by atoms with E-state index in [-0.39, 0.29) is 5.91 Å². The molecule has 0 saturated heterocycles. The quantitative estimate of drug-likeness (QED) is 0.517. The Morgan fingerprint density at radius 1 is 1.15 bits per heavy atom. The second kappa shape index (κ2) is 6.21. The van der Waals surface area contributed by atoms with Crippen LogP contribution in [0.2, 0.25) is 5.02 Å². The van der Waals surface area contributed by atoms with Gasteiger partial charge in [0.1, 0.15) is 0 Å². The van der Waals surface area contributed by atoms with Gasteiger partial charge >= 0.3 is 0 Å². The lowest BCUT2D eigenvalue weighted by atomic mass is 10.1. The van der Waals surface area contributed by atoms with E-state index in [1.54, 1.807) is 43.3 Å². The Labute approximate surface area is 122 Å². The van der Waals surface area contributed by atoms with E-state index in [9.17, 15) is 4.79 Å². The number of amides is 1. The van der Waals surface area contributed by atoms with Gasteiger partial charge in [-0.2, -0.15) is 5.10 Å². The number of benzene rings is 2. The van der Waals surface area contributed by atoms with Crippen molar-refractivity contribution < 1.29 is 4.79 Å². The van der Waals surface area contributed by atoms with Crippen molar-refractivity contribution in [2.45, 2.75) is 6.92 Å². The summed E-state index contributed by atoms with van der Waals surface area (Å²) in [6.07, 6.45) is 0. The summed E-state index contributed by atoms with van der Waals surface area (Å²) in [7, 11) is 0. The van der Waals surface area contributed by atoms with Gasteiger partial charge < -0.3 is 5.73 Å². The van der Waals surface area contributed by atoms with E-state index < -0.39 is 0 Å². The van der Waals surface area contributed by atoms with Crippen molar-refractivity contribution in [3.8, 4) is 0 Å². The molecule has 0 fully saturated rings. The summed E-state index contributed by atoms with van der Waals surface area (Å²) in [6, 6.07) is 14.0. The van der Waals surface area contributed by atoms with Crippen molar-refractivity contribution in [1.29, 1.82) is 0 Å². The summed E-state index contributed by atoms with van der Waals surface area (Å²) >= 11 is 5.91. The highest BCUT2D eigenvalue weighted by molar-refractivity contribution is 6.31. The van der Waals surface area contributed by atoms with Crippen molar-refractivity contribution in [2.24, 2.45) is 5.10 Å².